The van der Waals surface area contributed by atoms with E-state index < -0.39 is 12.7 Å². The second kappa shape index (κ2) is 5.47. The third-order valence-corrected chi connectivity index (χ3v) is 2.70. The Kier molecular flexibility index (Phi) is 4.40. The Labute approximate surface area is 110 Å². The topological polar surface area (TPSA) is 39.9 Å². The van der Waals surface area contributed by atoms with Crippen molar-refractivity contribution in [3.63, 3.8) is 0 Å². The highest BCUT2D eigenvalue weighted by Gasteiger charge is 2.33. The van der Waals surface area contributed by atoms with Crippen LogP contribution in [0.3, 0.4) is 0 Å². The molecule has 0 saturated carbocycles. The fraction of sp³-hybridized carbons (Fsp3) is 0.538. The Balaban J connectivity index is 3.35. The number of halogens is 3. The van der Waals surface area contributed by atoms with Crippen LogP contribution >= 0.6 is 0 Å². The molecule has 1 rings (SSSR count). The lowest BCUT2D eigenvalue weighted by Crippen LogP contribution is -2.39. The lowest BCUT2D eigenvalue weighted by Gasteiger charge is -2.31. The van der Waals surface area contributed by atoms with E-state index in [2.05, 4.69) is 4.98 Å². The average Bonchev–Trinajstić information content (AvgIpc) is 2.23. The van der Waals surface area contributed by atoms with Gasteiger partial charge in [0.15, 0.2) is 0 Å². The zero-order valence-corrected chi connectivity index (χ0v) is 11.3. The number of rotatable bonds is 3. The van der Waals surface area contributed by atoms with Crippen molar-refractivity contribution in [2.24, 2.45) is 0 Å². The quantitative estimate of drug-likeness (QED) is 0.846. The molecular weight excluding hydrogens is 255 g/mol. The molecule has 3 nitrogen and oxygen atoms in total. The lowest BCUT2D eigenvalue weighted by atomic mass is 10.1. The summed E-state index contributed by atoms with van der Waals surface area (Å²) in [6, 6.07) is 3.10. The summed E-state index contributed by atoms with van der Waals surface area (Å²) >= 11 is 0. The molecule has 0 fully saturated rings. The number of pyridine rings is 1. The molecule has 0 aliphatic heterocycles. The molecule has 0 radical (unpaired) electrons. The van der Waals surface area contributed by atoms with Gasteiger partial charge in [0, 0.05) is 11.7 Å². The molecule has 0 spiro atoms. The second-order valence-electron chi connectivity index (χ2n) is 4.69. The van der Waals surface area contributed by atoms with Crippen LogP contribution in [0.2, 0.25) is 0 Å². The van der Waals surface area contributed by atoms with E-state index in [1.807, 2.05) is 6.07 Å². The Morgan fingerprint density at radius 2 is 1.95 bits per heavy atom. The zero-order valence-electron chi connectivity index (χ0n) is 11.3. The molecule has 0 aromatic carbocycles. The van der Waals surface area contributed by atoms with Gasteiger partial charge in [0.2, 0.25) is 0 Å². The van der Waals surface area contributed by atoms with Gasteiger partial charge in [-0.3, -0.25) is 4.98 Å². The van der Waals surface area contributed by atoms with E-state index in [1.165, 1.54) is 11.0 Å². The molecule has 19 heavy (non-hydrogen) atoms. The molecule has 1 aromatic rings. The number of alkyl halides is 3. The van der Waals surface area contributed by atoms with Crippen LogP contribution in [-0.4, -0.2) is 23.7 Å². The lowest BCUT2D eigenvalue weighted by molar-refractivity contribution is -0.120. The van der Waals surface area contributed by atoms with Crippen molar-refractivity contribution in [2.45, 2.75) is 39.9 Å². The zero-order chi connectivity index (χ0) is 14.8. The molecule has 104 valence electrons. The summed E-state index contributed by atoms with van der Waals surface area (Å²) in [5.41, 5.74) is 1.54. The molecule has 0 aliphatic rings. The molecule has 0 bridgehead atoms. The SMILES string of the molecule is Cc1cc(N(CC(F)(F)F)C(C)C)c(C#N)c(C)n1. The molecule has 0 atom stereocenters. The maximum atomic E-state index is 12.6. The maximum absolute atomic E-state index is 12.6. The molecule has 6 heteroatoms. The van der Waals surface area contributed by atoms with Crippen molar-refractivity contribution in [1.82, 2.24) is 4.98 Å². The van der Waals surface area contributed by atoms with E-state index in [0.29, 0.717) is 17.1 Å². The van der Waals surface area contributed by atoms with Crippen LogP contribution in [0, 0.1) is 25.2 Å². The van der Waals surface area contributed by atoms with Gasteiger partial charge in [-0.1, -0.05) is 0 Å². The van der Waals surface area contributed by atoms with Gasteiger partial charge < -0.3 is 4.90 Å². The summed E-state index contributed by atoms with van der Waals surface area (Å²) in [6.45, 7) is 5.57. The van der Waals surface area contributed by atoms with Crippen molar-refractivity contribution in [1.29, 1.82) is 5.26 Å². The standard InChI is InChI=1S/C13H16F3N3/c1-8(2)19(7-13(14,15)16)12-5-9(3)18-10(4)11(12)6-17/h5,8H,7H2,1-4H3. The van der Waals surface area contributed by atoms with Crippen LogP contribution in [0.25, 0.3) is 0 Å². The first-order valence-corrected chi connectivity index (χ1v) is 5.87. The normalized spacial score (nSPS) is 11.5. The maximum Gasteiger partial charge on any atom is 0.405 e. The number of nitrogens with zero attached hydrogens (tertiary/aromatic N) is 3. The van der Waals surface area contributed by atoms with Crippen molar-refractivity contribution in [3.05, 3.63) is 23.0 Å². The van der Waals surface area contributed by atoms with Crippen LogP contribution in [0.15, 0.2) is 6.07 Å². The minimum absolute atomic E-state index is 0.198. The average molecular weight is 271 g/mol. The summed E-state index contributed by atoms with van der Waals surface area (Å²) < 4.78 is 37.9. The van der Waals surface area contributed by atoms with Crippen LogP contribution in [0.4, 0.5) is 18.9 Å². The number of aryl methyl sites for hydroxylation is 2. The van der Waals surface area contributed by atoms with E-state index in [-0.39, 0.29) is 11.6 Å². The minimum Gasteiger partial charge on any atom is -0.359 e. The molecule has 0 saturated heterocycles. The Morgan fingerprint density at radius 3 is 2.37 bits per heavy atom. The summed E-state index contributed by atoms with van der Waals surface area (Å²) in [5, 5.41) is 9.12. The van der Waals surface area contributed by atoms with Crippen LogP contribution < -0.4 is 4.90 Å². The Morgan fingerprint density at radius 1 is 1.37 bits per heavy atom. The second-order valence-corrected chi connectivity index (χ2v) is 4.69. The molecular formula is C13H16F3N3. The van der Waals surface area contributed by atoms with Gasteiger partial charge >= 0.3 is 6.18 Å². The number of nitriles is 1. The van der Waals surface area contributed by atoms with Gasteiger partial charge in [-0.2, -0.15) is 18.4 Å². The van der Waals surface area contributed by atoms with Gasteiger partial charge in [-0.15, -0.1) is 0 Å². The van der Waals surface area contributed by atoms with Gasteiger partial charge in [0.1, 0.15) is 12.6 Å². The number of aromatic nitrogens is 1. The molecule has 0 amide bonds. The van der Waals surface area contributed by atoms with Gasteiger partial charge in [0.25, 0.3) is 0 Å². The molecule has 1 heterocycles. The molecule has 0 unspecified atom stereocenters. The first-order valence-electron chi connectivity index (χ1n) is 5.87. The van der Waals surface area contributed by atoms with Crippen LogP contribution in [-0.2, 0) is 0 Å². The van der Waals surface area contributed by atoms with E-state index >= 15 is 0 Å². The first kappa shape index (κ1) is 15.3. The summed E-state index contributed by atoms with van der Waals surface area (Å²) in [4.78, 5) is 5.29. The molecule has 0 N–H and O–H groups in total. The van der Waals surface area contributed by atoms with Crippen molar-refractivity contribution in [3.8, 4) is 6.07 Å². The molecule has 1 aromatic heterocycles. The third kappa shape index (κ3) is 3.85. The fourth-order valence-corrected chi connectivity index (χ4v) is 1.91. The van der Waals surface area contributed by atoms with Crippen molar-refractivity contribution >= 4 is 5.69 Å². The Bertz CT molecular complexity index is 501. The highest BCUT2D eigenvalue weighted by Crippen LogP contribution is 2.28. The number of anilines is 1. The minimum atomic E-state index is -4.32. The predicted molar refractivity (Wildman–Crippen MR) is 67.0 cm³/mol. The summed E-state index contributed by atoms with van der Waals surface area (Å²) in [5.74, 6) is 0. The first-order chi connectivity index (χ1) is 8.65. The molecule has 0 aliphatic carbocycles. The van der Waals surface area contributed by atoms with Crippen molar-refractivity contribution < 1.29 is 13.2 Å². The Hall–Kier alpha value is -1.77. The summed E-state index contributed by atoms with van der Waals surface area (Å²) in [6.07, 6.45) is -4.32. The van der Waals surface area contributed by atoms with Crippen molar-refractivity contribution in [2.75, 3.05) is 11.4 Å². The predicted octanol–water partition coefficient (Wildman–Crippen LogP) is 3.35. The van der Waals surface area contributed by atoms with E-state index in [1.54, 1.807) is 27.7 Å². The van der Waals surface area contributed by atoms with Crippen LogP contribution in [0.5, 0.6) is 0 Å². The summed E-state index contributed by atoms with van der Waals surface area (Å²) in [7, 11) is 0. The largest absolute Gasteiger partial charge is 0.405 e. The monoisotopic (exact) mass is 271 g/mol. The highest BCUT2D eigenvalue weighted by molar-refractivity contribution is 5.62. The van der Waals surface area contributed by atoms with Gasteiger partial charge in [-0.25, -0.2) is 0 Å². The van der Waals surface area contributed by atoms with E-state index in [4.69, 9.17) is 5.26 Å². The van der Waals surface area contributed by atoms with E-state index in [9.17, 15) is 13.2 Å². The highest BCUT2D eigenvalue weighted by atomic mass is 19.4. The van der Waals surface area contributed by atoms with E-state index in [0.717, 1.165) is 0 Å². The van der Waals surface area contributed by atoms with Gasteiger partial charge in [0.05, 0.1) is 16.9 Å². The fourth-order valence-electron chi connectivity index (χ4n) is 1.91. The number of hydrogen-bond donors (Lipinski definition) is 0. The number of hydrogen-bond acceptors (Lipinski definition) is 3. The van der Waals surface area contributed by atoms with Crippen LogP contribution in [0.1, 0.15) is 30.8 Å². The smallest absolute Gasteiger partial charge is 0.359 e. The third-order valence-electron chi connectivity index (χ3n) is 2.70. The van der Waals surface area contributed by atoms with Gasteiger partial charge in [-0.05, 0) is 33.8 Å².